The summed E-state index contributed by atoms with van der Waals surface area (Å²) in [6, 6.07) is 14.5. The molecule has 1 fully saturated rings. The van der Waals surface area contributed by atoms with Crippen LogP contribution in [0.2, 0.25) is 0 Å². The molecule has 27 heavy (non-hydrogen) atoms. The highest BCUT2D eigenvalue weighted by Crippen LogP contribution is 2.29. The number of Topliss-reactive ketones (excluding diaryl/α,β-unsaturated/α-hetero) is 1. The van der Waals surface area contributed by atoms with E-state index in [1.165, 1.54) is 12.8 Å². The van der Waals surface area contributed by atoms with Gasteiger partial charge in [-0.3, -0.25) is 4.79 Å². The number of ketones is 1. The van der Waals surface area contributed by atoms with E-state index in [0.29, 0.717) is 23.5 Å². The summed E-state index contributed by atoms with van der Waals surface area (Å²) < 4.78 is 29.8. The summed E-state index contributed by atoms with van der Waals surface area (Å²) in [7, 11) is -3.14. The molecule has 5 heteroatoms. The lowest BCUT2D eigenvalue weighted by atomic mass is 10.0. The topological polar surface area (TPSA) is 60.4 Å². The standard InChI is InChI=1S/C22H26O4S/c1-16(2)27(24,25)15-18-8-10-20(11-9-18)22(23)13-19-4-3-5-21(12-19)26-14-17-6-7-17/h3-5,8-12,16-17H,6-7,13-15H2,1-2H3. The van der Waals surface area contributed by atoms with Crippen molar-refractivity contribution in [3.05, 3.63) is 65.2 Å². The van der Waals surface area contributed by atoms with E-state index in [0.717, 1.165) is 17.9 Å². The van der Waals surface area contributed by atoms with Crippen molar-refractivity contribution in [1.82, 2.24) is 0 Å². The average Bonchev–Trinajstić information content (AvgIpc) is 3.45. The van der Waals surface area contributed by atoms with Gasteiger partial charge in [0.1, 0.15) is 5.75 Å². The first-order chi connectivity index (χ1) is 12.8. The van der Waals surface area contributed by atoms with Crippen LogP contribution in [0.5, 0.6) is 5.75 Å². The van der Waals surface area contributed by atoms with Crippen LogP contribution in [0.1, 0.15) is 48.2 Å². The number of rotatable bonds is 9. The van der Waals surface area contributed by atoms with Crippen LogP contribution in [-0.4, -0.2) is 26.1 Å². The molecule has 0 heterocycles. The van der Waals surface area contributed by atoms with E-state index in [-0.39, 0.29) is 11.5 Å². The maximum atomic E-state index is 12.5. The summed E-state index contributed by atoms with van der Waals surface area (Å²) in [5.74, 6) is 1.50. The molecule has 1 saturated carbocycles. The quantitative estimate of drug-likeness (QED) is 0.605. The molecule has 0 aliphatic heterocycles. The Bertz CT molecular complexity index is 894. The van der Waals surface area contributed by atoms with Gasteiger partial charge in [-0.05, 0) is 55.9 Å². The second kappa shape index (κ2) is 8.26. The summed E-state index contributed by atoms with van der Waals surface area (Å²) in [5, 5.41) is -0.409. The largest absolute Gasteiger partial charge is 0.493 e. The van der Waals surface area contributed by atoms with E-state index in [2.05, 4.69) is 0 Å². The molecule has 0 saturated heterocycles. The van der Waals surface area contributed by atoms with E-state index in [4.69, 9.17) is 4.74 Å². The van der Waals surface area contributed by atoms with Crippen molar-refractivity contribution >= 4 is 15.6 Å². The van der Waals surface area contributed by atoms with Gasteiger partial charge < -0.3 is 4.74 Å². The molecule has 0 aromatic heterocycles. The van der Waals surface area contributed by atoms with Gasteiger partial charge in [-0.2, -0.15) is 0 Å². The van der Waals surface area contributed by atoms with E-state index in [1.54, 1.807) is 38.1 Å². The first-order valence-electron chi connectivity index (χ1n) is 9.39. The third kappa shape index (κ3) is 5.67. The van der Waals surface area contributed by atoms with Crippen LogP contribution in [0, 0.1) is 5.92 Å². The van der Waals surface area contributed by atoms with Crippen molar-refractivity contribution in [2.24, 2.45) is 5.92 Å². The van der Waals surface area contributed by atoms with E-state index in [1.807, 2.05) is 24.3 Å². The predicted molar refractivity (Wildman–Crippen MR) is 107 cm³/mol. The number of carbonyl (C=O) groups excluding carboxylic acids is 1. The Morgan fingerprint density at radius 2 is 1.78 bits per heavy atom. The molecule has 3 rings (SSSR count). The number of benzene rings is 2. The Morgan fingerprint density at radius 1 is 1.07 bits per heavy atom. The second-order valence-electron chi connectivity index (χ2n) is 7.55. The maximum Gasteiger partial charge on any atom is 0.167 e. The number of carbonyl (C=O) groups is 1. The zero-order chi connectivity index (χ0) is 19.4. The molecule has 1 aliphatic carbocycles. The second-order valence-corrected chi connectivity index (χ2v) is 10.1. The number of ether oxygens (including phenoxy) is 1. The predicted octanol–water partition coefficient (Wildman–Crippen LogP) is 4.22. The lowest BCUT2D eigenvalue weighted by Gasteiger charge is -2.09. The fourth-order valence-electron chi connectivity index (χ4n) is 2.72. The van der Waals surface area contributed by atoms with Crippen LogP contribution < -0.4 is 4.74 Å². The molecular weight excluding hydrogens is 360 g/mol. The SMILES string of the molecule is CC(C)S(=O)(=O)Cc1ccc(C(=O)Cc2cccc(OCC3CC3)c2)cc1. The third-order valence-electron chi connectivity index (χ3n) is 4.81. The van der Waals surface area contributed by atoms with Gasteiger partial charge in [0.2, 0.25) is 0 Å². The van der Waals surface area contributed by atoms with Crippen molar-refractivity contribution in [2.75, 3.05) is 6.61 Å². The molecule has 2 aromatic carbocycles. The van der Waals surface area contributed by atoms with E-state index in [9.17, 15) is 13.2 Å². The molecular formula is C22H26O4S. The molecule has 2 aromatic rings. The van der Waals surface area contributed by atoms with Gasteiger partial charge in [0, 0.05) is 12.0 Å². The lowest BCUT2D eigenvalue weighted by molar-refractivity contribution is 0.0993. The molecule has 144 valence electrons. The highest BCUT2D eigenvalue weighted by Gasteiger charge is 2.22. The normalized spacial score (nSPS) is 14.3. The van der Waals surface area contributed by atoms with Crippen molar-refractivity contribution < 1.29 is 17.9 Å². The Balaban J connectivity index is 1.61. The van der Waals surface area contributed by atoms with Crippen molar-refractivity contribution in [2.45, 2.75) is 44.1 Å². The minimum absolute atomic E-state index is 0.000481. The van der Waals surface area contributed by atoms with Crippen molar-refractivity contribution in [3.8, 4) is 5.75 Å². The van der Waals surface area contributed by atoms with Crippen LogP contribution in [0.25, 0.3) is 0 Å². The van der Waals surface area contributed by atoms with Gasteiger partial charge in [-0.15, -0.1) is 0 Å². The zero-order valence-corrected chi connectivity index (χ0v) is 16.7. The van der Waals surface area contributed by atoms with Crippen molar-refractivity contribution in [3.63, 3.8) is 0 Å². The van der Waals surface area contributed by atoms with Gasteiger partial charge in [0.05, 0.1) is 17.6 Å². The van der Waals surface area contributed by atoms with Crippen LogP contribution in [0.15, 0.2) is 48.5 Å². The summed E-state index contributed by atoms with van der Waals surface area (Å²) in [5.41, 5.74) is 2.21. The maximum absolute atomic E-state index is 12.5. The van der Waals surface area contributed by atoms with E-state index < -0.39 is 15.1 Å². The fourth-order valence-corrected chi connectivity index (χ4v) is 3.71. The smallest absolute Gasteiger partial charge is 0.167 e. The minimum Gasteiger partial charge on any atom is -0.493 e. The monoisotopic (exact) mass is 386 g/mol. The van der Waals surface area contributed by atoms with E-state index >= 15 is 0 Å². The highest BCUT2D eigenvalue weighted by molar-refractivity contribution is 7.91. The number of hydrogen-bond donors (Lipinski definition) is 0. The van der Waals surface area contributed by atoms with Crippen LogP contribution in [0.3, 0.4) is 0 Å². The summed E-state index contributed by atoms with van der Waals surface area (Å²) in [4.78, 5) is 12.5. The molecule has 1 aliphatic rings. The number of sulfone groups is 1. The molecule has 0 amide bonds. The van der Waals surface area contributed by atoms with Gasteiger partial charge in [-0.25, -0.2) is 8.42 Å². The third-order valence-corrected chi connectivity index (χ3v) is 6.98. The molecule has 4 nitrogen and oxygen atoms in total. The Morgan fingerprint density at radius 3 is 2.41 bits per heavy atom. The molecule has 0 atom stereocenters. The van der Waals surface area contributed by atoms with Crippen LogP contribution >= 0.6 is 0 Å². The first-order valence-corrected chi connectivity index (χ1v) is 11.1. The molecule has 0 unspecified atom stereocenters. The molecule has 0 N–H and O–H groups in total. The summed E-state index contributed by atoms with van der Waals surface area (Å²) in [6.07, 6.45) is 2.78. The summed E-state index contributed by atoms with van der Waals surface area (Å²) >= 11 is 0. The lowest BCUT2D eigenvalue weighted by Crippen LogP contribution is -2.16. The Kier molecular flexibility index (Phi) is 6.00. The van der Waals surface area contributed by atoms with Crippen molar-refractivity contribution in [1.29, 1.82) is 0 Å². The molecule has 0 bridgehead atoms. The average molecular weight is 387 g/mol. The van der Waals surface area contributed by atoms with Crippen LogP contribution in [0.4, 0.5) is 0 Å². The van der Waals surface area contributed by atoms with Gasteiger partial charge >= 0.3 is 0 Å². The van der Waals surface area contributed by atoms with Crippen LogP contribution in [-0.2, 0) is 22.0 Å². The molecule has 0 radical (unpaired) electrons. The Hall–Kier alpha value is -2.14. The van der Waals surface area contributed by atoms with Gasteiger partial charge in [-0.1, -0.05) is 36.4 Å². The minimum atomic E-state index is -3.14. The zero-order valence-electron chi connectivity index (χ0n) is 15.9. The fraction of sp³-hybridized carbons (Fsp3) is 0.409. The summed E-state index contributed by atoms with van der Waals surface area (Å²) in [6.45, 7) is 4.10. The molecule has 0 spiro atoms. The van der Waals surface area contributed by atoms with Gasteiger partial charge in [0.25, 0.3) is 0 Å². The van der Waals surface area contributed by atoms with Gasteiger partial charge in [0.15, 0.2) is 15.6 Å². The Labute approximate surface area is 161 Å². The highest BCUT2D eigenvalue weighted by atomic mass is 32.2. The number of hydrogen-bond acceptors (Lipinski definition) is 4. The first kappa shape index (κ1) is 19.6.